The van der Waals surface area contributed by atoms with Crippen molar-refractivity contribution in [3.8, 4) is 0 Å². The van der Waals surface area contributed by atoms with Gasteiger partial charge < -0.3 is 0 Å². The highest BCUT2D eigenvalue weighted by Crippen LogP contribution is 2.47. The van der Waals surface area contributed by atoms with Crippen LogP contribution in [-0.2, 0) is 15.5 Å². The predicted octanol–water partition coefficient (Wildman–Crippen LogP) is 1.74. The second-order valence-corrected chi connectivity index (χ2v) is 7.33. The van der Waals surface area contributed by atoms with E-state index in [1.165, 1.54) is 0 Å². The monoisotopic (exact) mass is 260 g/mol. The van der Waals surface area contributed by atoms with Gasteiger partial charge in [-0.1, -0.05) is 0 Å². The zero-order valence-corrected chi connectivity index (χ0v) is 10.8. The van der Waals surface area contributed by atoms with Crippen molar-refractivity contribution in [2.24, 2.45) is 0 Å². The van der Waals surface area contributed by atoms with Crippen LogP contribution in [0.5, 0.6) is 0 Å². The van der Waals surface area contributed by atoms with Crippen LogP contribution in [0.1, 0.15) is 30.1 Å². The molecule has 0 radical (unpaired) electrons. The average molecular weight is 261 g/mol. The first-order chi connectivity index (χ1) is 7.32. The van der Waals surface area contributed by atoms with Crippen LogP contribution < -0.4 is 0 Å². The Hall–Kier alpha value is -0.680. The summed E-state index contributed by atoms with van der Waals surface area (Å²) in [5, 5.41) is 0. The van der Waals surface area contributed by atoms with E-state index >= 15 is 0 Å². The first kappa shape index (κ1) is 11.8. The molecular formula is C10H13ClN2O2S. The molecule has 1 aliphatic rings. The van der Waals surface area contributed by atoms with Gasteiger partial charge in [-0.2, -0.15) is 0 Å². The van der Waals surface area contributed by atoms with E-state index in [2.05, 4.69) is 9.97 Å². The molecule has 0 amide bonds. The minimum atomic E-state index is -3.52. The number of rotatable bonds is 3. The van der Waals surface area contributed by atoms with Gasteiger partial charge in [0.25, 0.3) is 0 Å². The summed E-state index contributed by atoms with van der Waals surface area (Å²) in [6.45, 7) is 3.74. The molecule has 2 rings (SSSR count). The third kappa shape index (κ3) is 2.20. The van der Waals surface area contributed by atoms with Crippen LogP contribution in [0.2, 0.25) is 0 Å². The van der Waals surface area contributed by atoms with Gasteiger partial charge in [-0.15, -0.1) is 0 Å². The number of halogens is 1. The molecule has 1 aromatic rings. The minimum Gasteiger partial charge on any atom is -0.238 e. The average Bonchev–Trinajstić information content (AvgIpc) is 2.81. The highest BCUT2D eigenvalue weighted by molar-refractivity contribution is 8.15. The molecule has 1 aliphatic carbocycles. The molecule has 0 spiro atoms. The van der Waals surface area contributed by atoms with E-state index in [4.69, 9.17) is 10.7 Å². The van der Waals surface area contributed by atoms with Gasteiger partial charge in [-0.25, -0.2) is 18.4 Å². The van der Waals surface area contributed by atoms with Gasteiger partial charge in [0.2, 0.25) is 9.05 Å². The Morgan fingerprint density at radius 2 is 1.81 bits per heavy atom. The van der Waals surface area contributed by atoms with E-state index in [0.29, 0.717) is 25.1 Å². The van der Waals surface area contributed by atoms with Crippen molar-refractivity contribution < 1.29 is 8.42 Å². The molecule has 1 fully saturated rings. The predicted molar refractivity (Wildman–Crippen MR) is 61.9 cm³/mol. The summed E-state index contributed by atoms with van der Waals surface area (Å²) in [5.74, 6) is 0.569. The van der Waals surface area contributed by atoms with Gasteiger partial charge in [-0.05, 0) is 32.8 Å². The van der Waals surface area contributed by atoms with E-state index < -0.39 is 13.8 Å². The molecule has 0 aromatic carbocycles. The van der Waals surface area contributed by atoms with Crippen LogP contribution in [0.3, 0.4) is 0 Å². The molecule has 1 saturated carbocycles. The molecule has 1 heterocycles. The maximum Gasteiger partial charge on any atom is 0.238 e. The normalized spacial score (nSPS) is 18.4. The van der Waals surface area contributed by atoms with E-state index in [1.807, 2.05) is 19.9 Å². The van der Waals surface area contributed by atoms with Crippen molar-refractivity contribution in [3.63, 3.8) is 0 Å². The minimum absolute atomic E-state index is 0.321. The summed E-state index contributed by atoms with van der Waals surface area (Å²) >= 11 is 0. The Morgan fingerprint density at radius 1 is 1.31 bits per heavy atom. The van der Waals surface area contributed by atoms with E-state index in [0.717, 1.165) is 11.4 Å². The van der Waals surface area contributed by atoms with E-state index in [9.17, 15) is 8.42 Å². The summed E-state index contributed by atoms with van der Waals surface area (Å²) in [6, 6.07) is 1.86. The molecule has 0 aliphatic heterocycles. The van der Waals surface area contributed by atoms with Crippen molar-refractivity contribution in [1.82, 2.24) is 9.97 Å². The number of hydrogen-bond acceptors (Lipinski definition) is 4. The zero-order chi connectivity index (χ0) is 12.0. The van der Waals surface area contributed by atoms with Crippen LogP contribution in [0, 0.1) is 13.8 Å². The Bertz CT molecular complexity index is 503. The molecule has 0 saturated heterocycles. The lowest BCUT2D eigenvalue weighted by Crippen LogP contribution is -2.22. The van der Waals surface area contributed by atoms with Gasteiger partial charge in [0.05, 0.1) is 4.75 Å². The zero-order valence-electron chi connectivity index (χ0n) is 9.20. The second kappa shape index (κ2) is 3.67. The molecule has 4 nitrogen and oxygen atoms in total. The maximum absolute atomic E-state index is 11.4. The van der Waals surface area contributed by atoms with Crippen LogP contribution in [-0.4, -0.2) is 23.1 Å². The number of nitrogens with zero attached hydrogens (tertiary/aromatic N) is 2. The van der Waals surface area contributed by atoms with Crippen molar-refractivity contribution in [1.29, 1.82) is 0 Å². The molecular weight excluding hydrogens is 248 g/mol. The Balaban J connectivity index is 2.28. The van der Waals surface area contributed by atoms with Crippen LogP contribution >= 0.6 is 10.7 Å². The third-order valence-corrected chi connectivity index (χ3v) is 5.40. The van der Waals surface area contributed by atoms with Crippen LogP contribution in [0.15, 0.2) is 6.07 Å². The molecule has 16 heavy (non-hydrogen) atoms. The van der Waals surface area contributed by atoms with Crippen molar-refractivity contribution in [3.05, 3.63) is 23.3 Å². The first-order valence-electron chi connectivity index (χ1n) is 5.08. The first-order valence-corrected chi connectivity index (χ1v) is 7.39. The van der Waals surface area contributed by atoms with Crippen molar-refractivity contribution >= 4 is 19.7 Å². The quantitative estimate of drug-likeness (QED) is 0.777. The Kier molecular flexibility index (Phi) is 2.70. The Labute approximate surface area is 99.5 Å². The smallest absolute Gasteiger partial charge is 0.238 e. The largest absolute Gasteiger partial charge is 0.238 e. The number of aryl methyl sites for hydroxylation is 2. The van der Waals surface area contributed by atoms with Gasteiger partial charge >= 0.3 is 0 Å². The number of aromatic nitrogens is 2. The SMILES string of the molecule is Cc1cc(C)nc(CC2(S(=O)(=O)Cl)CC2)n1. The maximum atomic E-state index is 11.4. The summed E-state index contributed by atoms with van der Waals surface area (Å²) < 4.78 is 22.0. The fraction of sp³-hybridized carbons (Fsp3) is 0.600. The lowest BCUT2D eigenvalue weighted by atomic mass is 10.2. The summed E-state index contributed by atoms with van der Waals surface area (Å²) in [7, 11) is 1.91. The van der Waals surface area contributed by atoms with Gasteiger partial charge in [0.15, 0.2) is 0 Å². The van der Waals surface area contributed by atoms with Crippen molar-refractivity contribution in [2.75, 3.05) is 0 Å². The molecule has 6 heteroatoms. The van der Waals surface area contributed by atoms with Gasteiger partial charge in [0, 0.05) is 28.5 Å². The molecule has 1 aromatic heterocycles. The van der Waals surface area contributed by atoms with Crippen molar-refractivity contribution in [2.45, 2.75) is 37.9 Å². The second-order valence-electron chi connectivity index (χ2n) is 4.36. The van der Waals surface area contributed by atoms with Gasteiger partial charge in [-0.3, -0.25) is 0 Å². The topological polar surface area (TPSA) is 59.9 Å². The fourth-order valence-electron chi connectivity index (χ4n) is 1.81. The van der Waals surface area contributed by atoms with Crippen LogP contribution in [0.4, 0.5) is 0 Å². The molecule has 0 bridgehead atoms. The highest BCUT2D eigenvalue weighted by atomic mass is 35.7. The standard InChI is InChI=1S/C10H13ClN2O2S/c1-7-5-8(2)13-9(12-7)6-10(3-4-10)16(11,14)15/h5H,3-4,6H2,1-2H3. The lowest BCUT2D eigenvalue weighted by Gasteiger charge is -2.10. The van der Waals surface area contributed by atoms with Gasteiger partial charge in [0.1, 0.15) is 5.82 Å². The molecule has 0 atom stereocenters. The number of hydrogen-bond donors (Lipinski definition) is 0. The lowest BCUT2D eigenvalue weighted by molar-refractivity contribution is 0.587. The molecule has 0 N–H and O–H groups in total. The highest BCUT2D eigenvalue weighted by Gasteiger charge is 2.54. The fourth-order valence-corrected chi connectivity index (χ4v) is 3.33. The third-order valence-electron chi connectivity index (χ3n) is 2.83. The molecule has 0 unspecified atom stereocenters. The molecule has 88 valence electrons. The summed E-state index contributed by atoms with van der Waals surface area (Å²) in [6.07, 6.45) is 1.53. The van der Waals surface area contributed by atoms with Crippen LogP contribution in [0.25, 0.3) is 0 Å². The Morgan fingerprint density at radius 3 is 2.19 bits per heavy atom. The van der Waals surface area contributed by atoms with E-state index in [1.54, 1.807) is 0 Å². The summed E-state index contributed by atoms with van der Waals surface area (Å²) in [4.78, 5) is 8.48. The summed E-state index contributed by atoms with van der Waals surface area (Å²) in [5.41, 5.74) is 1.70. The van der Waals surface area contributed by atoms with E-state index in [-0.39, 0.29) is 0 Å².